The van der Waals surface area contributed by atoms with E-state index in [9.17, 15) is 4.79 Å². The molecule has 0 aliphatic heterocycles. The van der Waals surface area contributed by atoms with Crippen LogP contribution in [0.25, 0.3) is 0 Å². The largest absolute Gasteiger partial charge is 0.384 e. The summed E-state index contributed by atoms with van der Waals surface area (Å²) >= 11 is 3.41. The fourth-order valence-electron chi connectivity index (χ4n) is 1.63. The van der Waals surface area contributed by atoms with Gasteiger partial charge in [-0.25, -0.2) is 0 Å². The Morgan fingerprint density at radius 1 is 1.32 bits per heavy atom. The summed E-state index contributed by atoms with van der Waals surface area (Å²) in [6, 6.07) is 7.92. The molecule has 1 aromatic carbocycles. The minimum atomic E-state index is 0.0984. The number of hydrogen-bond acceptors (Lipinski definition) is 3. The number of amides is 1. The third kappa shape index (κ3) is 7.85. The molecule has 106 valence electrons. The van der Waals surface area contributed by atoms with E-state index in [1.54, 1.807) is 0 Å². The van der Waals surface area contributed by atoms with Gasteiger partial charge >= 0.3 is 0 Å². The SMILES string of the molecule is CN(C)CCCNC(=O)CCNc1cccc(Br)c1. The van der Waals surface area contributed by atoms with Crippen LogP contribution in [0.3, 0.4) is 0 Å². The Morgan fingerprint density at radius 2 is 2.11 bits per heavy atom. The Hall–Kier alpha value is -1.07. The Morgan fingerprint density at radius 3 is 2.79 bits per heavy atom. The average molecular weight is 328 g/mol. The topological polar surface area (TPSA) is 44.4 Å². The summed E-state index contributed by atoms with van der Waals surface area (Å²) in [6.45, 7) is 2.39. The Kier molecular flexibility index (Phi) is 7.52. The zero-order valence-corrected chi connectivity index (χ0v) is 13.2. The summed E-state index contributed by atoms with van der Waals surface area (Å²) in [5, 5.41) is 6.15. The van der Waals surface area contributed by atoms with Crippen LogP contribution in [-0.4, -0.2) is 44.5 Å². The molecule has 0 fully saturated rings. The van der Waals surface area contributed by atoms with Crippen LogP contribution in [0.2, 0.25) is 0 Å². The van der Waals surface area contributed by atoms with Crippen LogP contribution in [0.4, 0.5) is 5.69 Å². The van der Waals surface area contributed by atoms with E-state index in [0.717, 1.165) is 29.7 Å². The zero-order valence-electron chi connectivity index (χ0n) is 11.6. The third-order valence-electron chi connectivity index (χ3n) is 2.61. The molecular formula is C14H22BrN3O. The number of anilines is 1. The number of rotatable bonds is 8. The van der Waals surface area contributed by atoms with Gasteiger partial charge in [0, 0.05) is 29.7 Å². The highest BCUT2D eigenvalue weighted by molar-refractivity contribution is 9.10. The molecule has 0 radical (unpaired) electrons. The third-order valence-corrected chi connectivity index (χ3v) is 3.10. The van der Waals surface area contributed by atoms with Gasteiger partial charge in [-0.1, -0.05) is 22.0 Å². The molecule has 0 saturated heterocycles. The maximum Gasteiger partial charge on any atom is 0.221 e. The Labute approximate surface area is 123 Å². The van der Waals surface area contributed by atoms with Crippen LogP contribution in [0.15, 0.2) is 28.7 Å². The zero-order chi connectivity index (χ0) is 14.1. The molecule has 2 N–H and O–H groups in total. The van der Waals surface area contributed by atoms with E-state index in [1.165, 1.54) is 0 Å². The number of hydrogen-bond donors (Lipinski definition) is 2. The lowest BCUT2D eigenvalue weighted by molar-refractivity contribution is -0.120. The lowest BCUT2D eigenvalue weighted by Crippen LogP contribution is -2.28. The summed E-state index contributed by atoms with van der Waals surface area (Å²) in [5.74, 6) is 0.0984. The summed E-state index contributed by atoms with van der Waals surface area (Å²) in [4.78, 5) is 13.7. The predicted octanol–water partition coefficient (Wildman–Crippen LogP) is 2.32. The lowest BCUT2D eigenvalue weighted by atomic mass is 10.3. The maximum absolute atomic E-state index is 11.6. The first-order valence-electron chi connectivity index (χ1n) is 6.49. The Balaban J connectivity index is 2.10. The lowest BCUT2D eigenvalue weighted by Gasteiger charge is -2.10. The molecule has 0 heterocycles. The van der Waals surface area contributed by atoms with Crippen LogP contribution in [0, 0.1) is 0 Å². The highest BCUT2D eigenvalue weighted by Crippen LogP contribution is 2.15. The van der Waals surface area contributed by atoms with E-state index in [-0.39, 0.29) is 5.91 Å². The molecule has 1 rings (SSSR count). The first-order chi connectivity index (χ1) is 9.08. The molecule has 1 aromatic rings. The molecule has 1 amide bonds. The molecule has 0 saturated carbocycles. The van der Waals surface area contributed by atoms with Gasteiger partial charge in [0.05, 0.1) is 0 Å². The minimum Gasteiger partial charge on any atom is -0.384 e. The van der Waals surface area contributed by atoms with Crippen molar-refractivity contribution in [3.8, 4) is 0 Å². The number of nitrogens with one attached hydrogen (secondary N) is 2. The highest BCUT2D eigenvalue weighted by Gasteiger charge is 2.00. The molecule has 0 unspecified atom stereocenters. The fraction of sp³-hybridized carbons (Fsp3) is 0.500. The fourth-order valence-corrected chi connectivity index (χ4v) is 2.03. The van der Waals surface area contributed by atoms with Crippen molar-refractivity contribution in [3.05, 3.63) is 28.7 Å². The molecule has 5 heteroatoms. The van der Waals surface area contributed by atoms with Crippen LogP contribution < -0.4 is 10.6 Å². The van der Waals surface area contributed by atoms with Gasteiger partial charge in [-0.05, 0) is 45.3 Å². The summed E-state index contributed by atoms with van der Waals surface area (Å²) < 4.78 is 1.03. The number of nitrogens with zero attached hydrogens (tertiary/aromatic N) is 1. The van der Waals surface area contributed by atoms with Crippen LogP contribution in [-0.2, 0) is 4.79 Å². The normalized spacial score (nSPS) is 10.5. The number of halogens is 1. The second kappa shape index (κ2) is 8.93. The number of carbonyl (C=O) groups excluding carboxylic acids is 1. The molecule has 0 spiro atoms. The van der Waals surface area contributed by atoms with Gasteiger partial charge in [0.1, 0.15) is 0 Å². The predicted molar refractivity (Wildman–Crippen MR) is 83.4 cm³/mol. The van der Waals surface area contributed by atoms with Gasteiger partial charge in [-0.15, -0.1) is 0 Å². The summed E-state index contributed by atoms with van der Waals surface area (Å²) in [5.41, 5.74) is 1.02. The molecular weight excluding hydrogens is 306 g/mol. The maximum atomic E-state index is 11.6. The Bertz CT molecular complexity index is 396. The van der Waals surface area contributed by atoms with Crippen molar-refractivity contribution in [3.63, 3.8) is 0 Å². The van der Waals surface area contributed by atoms with Crippen molar-refractivity contribution in [1.29, 1.82) is 0 Å². The number of benzene rings is 1. The van der Waals surface area contributed by atoms with E-state index in [0.29, 0.717) is 13.0 Å². The van der Waals surface area contributed by atoms with Crippen molar-refractivity contribution in [2.45, 2.75) is 12.8 Å². The van der Waals surface area contributed by atoms with Gasteiger partial charge in [0.15, 0.2) is 0 Å². The first kappa shape index (κ1) is 16.0. The van der Waals surface area contributed by atoms with E-state index in [2.05, 4.69) is 31.5 Å². The highest BCUT2D eigenvalue weighted by atomic mass is 79.9. The molecule has 0 aliphatic rings. The second-order valence-corrected chi connectivity index (χ2v) is 5.61. The van der Waals surface area contributed by atoms with E-state index in [4.69, 9.17) is 0 Å². The van der Waals surface area contributed by atoms with Gasteiger partial charge in [-0.2, -0.15) is 0 Å². The van der Waals surface area contributed by atoms with E-state index >= 15 is 0 Å². The van der Waals surface area contributed by atoms with Crippen molar-refractivity contribution in [2.24, 2.45) is 0 Å². The number of carbonyl (C=O) groups is 1. The molecule has 0 bridgehead atoms. The van der Waals surface area contributed by atoms with Crippen molar-refractivity contribution in [2.75, 3.05) is 39.0 Å². The quantitative estimate of drug-likeness (QED) is 0.720. The molecule has 4 nitrogen and oxygen atoms in total. The van der Waals surface area contributed by atoms with Crippen molar-refractivity contribution < 1.29 is 4.79 Å². The van der Waals surface area contributed by atoms with Crippen LogP contribution in [0.5, 0.6) is 0 Å². The van der Waals surface area contributed by atoms with E-state index in [1.807, 2.05) is 38.4 Å². The van der Waals surface area contributed by atoms with Gasteiger partial charge in [0.25, 0.3) is 0 Å². The minimum absolute atomic E-state index is 0.0984. The van der Waals surface area contributed by atoms with Gasteiger partial charge in [0.2, 0.25) is 5.91 Å². The van der Waals surface area contributed by atoms with Crippen LogP contribution >= 0.6 is 15.9 Å². The average Bonchev–Trinajstić information content (AvgIpc) is 2.34. The second-order valence-electron chi connectivity index (χ2n) is 4.69. The molecule has 0 atom stereocenters. The molecule has 19 heavy (non-hydrogen) atoms. The van der Waals surface area contributed by atoms with Crippen molar-refractivity contribution >= 4 is 27.5 Å². The van der Waals surface area contributed by atoms with Crippen molar-refractivity contribution in [1.82, 2.24) is 10.2 Å². The summed E-state index contributed by atoms with van der Waals surface area (Å²) in [7, 11) is 4.06. The van der Waals surface area contributed by atoms with Crippen LogP contribution in [0.1, 0.15) is 12.8 Å². The first-order valence-corrected chi connectivity index (χ1v) is 7.28. The summed E-state index contributed by atoms with van der Waals surface area (Å²) in [6.07, 6.45) is 1.48. The smallest absolute Gasteiger partial charge is 0.221 e. The van der Waals surface area contributed by atoms with E-state index < -0.39 is 0 Å². The van der Waals surface area contributed by atoms with Gasteiger partial charge in [-0.3, -0.25) is 4.79 Å². The molecule has 0 aromatic heterocycles. The van der Waals surface area contributed by atoms with Gasteiger partial charge < -0.3 is 15.5 Å². The molecule has 0 aliphatic carbocycles. The monoisotopic (exact) mass is 327 g/mol. The standard InChI is InChI=1S/C14H22BrN3O/c1-18(2)10-4-8-17-14(19)7-9-16-13-6-3-5-12(15)11-13/h3,5-6,11,16H,4,7-10H2,1-2H3,(H,17,19).